The fourth-order valence-corrected chi connectivity index (χ4v) is 1.88. The van der Waals surface area contributed by atoms with Crippen LogP contribution in [0.25, 0.3) is 0 Å². The molecule has 0 spiro atoms. The quantitative estimate of drug-likeness (QED) is 0.674. The van der Waals surface area contributed by atoms with E-state index < -0.39 is 5.97 Å². The van der Waals surface area contributed by atoms with E-state index in [2.05, 4.69) is 10.3 Å². The average molecular weight is 287 g/mol. The highest BCUT2D eigenvalue weighted by Gasteiger charge is 2.21. The second-order valence-electron chi connectivity index (χ2n) is 4.59. The van der Waals surface area contributed by atoms with E-state index in [1.807, 2.05) is 6.07 Å². The van der Waals surface area contributed by atoms with Crippen LogP contribution in [0.1, 0.15) is 41.0 Å². The van der Waals surface area contributed by atoms with E-state index >= 15 is 0 Å². The van der Waals surface area contributed by atoms with Crippen LogP contribution in [0.15, 0.2) is 11.8 Å². The number of nitriles is 1. The zero-order valence-electron chi connectivity index (χ0n) is 12.7. The number of hydrogen-bond donors (Lipinski definition) is 1. The summed E-state index contributed by atoms with van der Waals surface area (Å²) < 4.78 is 4.72. The number of nitrogens with zero attached hydrogens (tertiary/aromatic N) is 2. The molecule has 1 N–H and O–H groups in total. The Morgan fingerprint density at radius 2 is 1.95 bits per heavy atom. The molecule has 0 radical (unpaired) electrons. The third-order valence-corrected chi connectivity index (χ3v) is 2.92. The zero-order chi connectivity index (χ0) is 16.2. The topological polar surface area (TPSA) is 92.1 Å². The second-order valence-corrected chi connectivity index (χ2v) is 4.59. The lowest BCUT2D eigenvalue weighted by Crippen LogP contribution is -2.13. The summed E-state index contributed by atoms with van der Waals surface area (Å²) in [6.45, 7) is 6.54. The van der Waals surface area contributed by atoms with E-state index in [-0.39, 0.29) is 22.7 Å². The van der Waals surface area contributed by atoms with Gasteiger partial charge in [-0.05, 0) is 39.3 Å². The molecule has 110 valence electrons. The molecule has 0 saturated carbocycles. The number of carbonyl (C=O) groups excluding carboxylic acids is 2. The van der Waals surface area contributed by atoms with E-state index in [9.17, 15) is 14.9 Å². The molecule has 0 aromatic carbocycles. The summed E-state index contributed by atoms with van der Waals surface area (Å²) in [4.78, 5) is 27.2. The third kappa shape index (κ3) is 3.66. The maximum atomic E-state index is 11.9. The highest BCUT2D eigenvalue weighted by atomic mass is 16.5. The van der Waals surface area contributed by atoms with Crippen molar-refractivity contribution in [1.29, 1.82) is 5.26 Å². The van der Waals surface area contributed by atoms with Crippen LogP contribution >= 0.6 is 0 Å². The van der Waals surface area contributed by atoms with Gasteiger partial charge in [0.05, 0.1) is 12.7 Å². The molecule has 1 aromatic heterocycles. The normalized spacial score (nSPS) is 10.8. The smallest absolute Gasteiger partial charge is 0.339 e. The minimum absolute atomic E-state index is 0.0984. The molecular weight excluding hydrogens is 270 g/mol. The number of esters is 1. The van der Waals surface area contributed by atoms with Gasteiger partial charge in [0.15, 0.2) is 5.78 Å². The van der Waals surface area contributed by atoms with E-state index in [1.54, 1.807) is 20.8 Å². The van der Waals surface area contributed by atoms with E-state index in [0.717, 1.165) is 0 Å². The predicted octanol–water partition coefficient (Wildman–Crippen LogP) is 2.26. The van der Waals surface area contributed by atoms with Crippen LogP contribution in [0.2, 0.25) is 0 Å². The highest BCUT2D eigenvalue weighted by molar-refractivity contribution is 5.96. The molecule has 0 bridgehead atoms. The summed E-state index contributed by atoms with van der Waals surface area (Å²) in [5.74, 6) is -0.489. The predicted molar refractivity (Wildman–Crippen MR) is 77.8 cm³/mol. The van der Waals surface area contributed by atoms with Crippen LogP contribution in [-0.4, -0.2) is 23.8 Å². The van der Waals surface area contributed by atoms with Gasteiger partial charge in [0, 0.05) is 11.4 Å². The fourth-order valence-electron chi connectivity index (χ4n) is 1.88. The molecule has 0 fully saturated rings. The lowest BCUT2D eigenvalue weighted by molar-refractivity contribution is -0.112. The molecule has 0 aliphatic rings. The minimum Gasteiger partial charge on any atom is -0.465 e. The van der Waals surface area contributed by atoms with Crippen LogP contribution in [0, 0.1) is 25.2 Å². The van der Waals surface area contributed by atoms with Gasteiger partial charge in [-0.15, -0.1) is 0 Å². The van der Waals surface area contributed by atoms with Crippen molar-refractivity contribution in [2.45, 2.75) is 27.7 Å². The summed E-state index contributed by atoms with van der Waals surface area (Å²) in [7, 11) is 1.26. The number of aromatic nitrogens is 1. The van der Waals surface area contributed by atoms with Crippen molar-refractivity contribution in [2.24, 2.45) is 0 Å². The number of nitrogens with one attached hydrogen (secondary N) is 1. The van der Waals surface area contributed by atoms with Gasteiger partial charge in [-0.3, -0.25) is 4.79 Å². The molecule has 1 aromatic rings. The number of ether oxygens (including phenoxy) is 1. The van der Waals surface area contributed by atoms with Crippen LogP contribution in [-0.2, 0) is 9.53 Å². The molecule has 1 heterocycles. The number of rotatable bonds is 4. The molecule has 0 atom stereocenters. The van der Waals surface area contributed by atoms with Crippen LogP contribution < -0.4 is 5.32 Å². The molecule has 0 saturated heterocycles. The molecule has 1 rings (SSSR count). The SMILES string of the molecule is COC(=O)c1c(C)c(C)nc(N/C(C)=C/C(C)=O)c1C#N. The summed E-state index contributed by atoms with van der Waals surface area (Å²) in [5.41, 5.74) is 2.02. The zero-order valence-corrected chi connectivity index (χ0v) is 12.7. The number of methoxy groups -OCH3 is 1. The van der Waals surface area contributed by atoms with Crippen LogP contribution in [0.5, 0.6) is 0 Å². The Balaban J connectivity index is 3.48. The van der Waals surface area contributed by atoms with Crippen molar-refractivity contribution < 1.29 is 14.3 Å². The molecule has 0 amide bonds. The van der Waals surface area contributed by atoms with Gasteiger partial charge in [0.1, 0.15) is 17.5 Å². The van der Waals surface area contributed by atoms with E-state index in [0.29, 0.717) is 17.0 Å². The largest absolute Gasteiger partial charge is 0.465 e. The maximum absolute atomic E-state index is 11.9. The second kappa shape index (κ2) is 6.66. The number of allylic oxidation sites excluding steroid dienone is 2. The molecule has 6 nitrogen and oxygen atoms in total. The maximum Gasteiger partial charge on any atom is 0.339 e. The van der Waals surface area contributed by atoms with Gasteiger partial charge in [-0.2, -0.15) is 5.26 Å². The van der Waals surface area contributed by atoms with Crippen molar-refractivity contribution >= 4 is 17.6 Å². The number of anilines is 1. The van der Waals surface area contributed by atoms with Crippen molar-refractivity contribution in [2.75, 3.05) is 12.4 Å². The molecule has 0 unspecified atom stereocenters. The van der Waals surface area contributed by atoms with Crippen molar-refractivity contribution in [3.63, 3.8) is 0 Å². The van der Waals surface area contributed by atoms with Gasteiger partial charge in [-0.1, -0.05) is 0 Å². The van der Waals surface area contributed by atoms with Gasteiger partial charge in [0.25, 0.3) is 0 Å². The van der Waals surface area contributed by atoms with E-state index in [4.69, 9.17) is 4.74 Å². The Bertz CT molecular complexity index is 670. The first-order chi connectivity index (χ1) is 9.81. The number of carbonyl (C=O) groups is 2. The Kier molecular flexibility index (Phi) is 5.19. The molecule has 21 heavy (non-hydrogen) atoms. The van der Waals surface area contributed by atoms with Gasteiger partial charge in [-0.25, -0.2) is 9.78 Å². The molecule has 6 heteroatoms. The summed E-state index contributed by atoms with van der Waals surface area (Å²) in [6.07, 6.45) is 1.38. The van der Waals surface area contributed by atoms with Crippen molar-refractivity contribution in [3.8, 4) is 6.07 Å². The van der Waals surface area contributed by atoms with E-state index in [1.165, 1.54) is 20.1 Å². The average Bonchev–Trinajstić information content (AvgIpc) is 2.40. The highest BCUT2D eigenvalue weighted by Crippen LogP contribution is 2.24. The molecule has 0 aliphatic heterocycles. The number of pyridine rings is 1. The summed E-state index contributed by atoms with van der Waals surface area (Å²) in [5, 5.41) is 12.2. The fraction of sp³-hybridized carbons (Fsp3) is 0.333. The lowest BCUT2D eigenvalue weighted by Gasteiger charge is -2.14. The van der Waals surface area contributed by atoms with Gasteiger partial charge in [0.2, 0.25) is 0 Å². The Morgan fingerprint density at radius 3 is 2.43 bits per heavy atom. The standard InChI is InChI=1S/C15H17N3O3/c1-8(6-9(2)19)17-14-12(7-16)13(15(20)21-5)10(3)11(4)18-14/h6H,1-5H3,(H,17,18)/b8-6+. The number of ketones is 1. The van der Waals surface area contributed by atoms with Gasteiger partial charge < -0.3 is 10.1 Å². The molecular formula is C15H17N3O3. The Labute approximate surface area is 123 Å². The lowest BCUT2D eigenvalue weighted by atomic mass is 10.0. The Hall–Kier alpha value is -2.68. The first kappa shape index (κ1) is 16.4. The monoisotopic (exact) mass is 287 g/mol. The number of hydrogen-bond acceptors (Lipinski definition) is 6. The number of aryl methyl sites for hydroxylation is 1. The first-order valence-electron chi connectivity index (χ1n) is 6.27. The third-order valence-electron chi connectivity index (χ3n) is 2.92. The summed E-state index contributed by atoms with van der Waals surface area (Å²) >= 11 is 0. The van der Waals surface area contributed by atoms with Crippen LogP contribution in [0.3, 0.4) is 0 Å². The first-order valence-corrected chi connectivity index (χ1v) is 6.27. The minimum atomic E-state index is -0.592. The summed E-state index contributed by atoms with van der Waals surface area (Å²) in [6, 6.07) is 1.97. The Morgan fingerprint density at radius 1 is 1.33 bits per heavy atom. The van der Waals surface area contributed by atoms with Crippen molar-refractivity contribution in [3.05, 3.63) is 34.2 Å². The van der Waals surface area contributed by atoms with Crippen LogP contribution in [0.4, 0.5) is 5.82 Å². The van der Waals surface area contributed by atoms with Gasteiger partial charge >= 0.3 is 5.97 Å². The van der Waals surface area contributed by atoms with Crippen molar-refractivity contribution in [1.82, 2.24) is 4.98 Å². The molecule has 0 aliphatic carbocycles.